The van der Waals surface area contributed by atoms with Crippen LogP contribution in [0.2, 0.25) is 5.15 Å². The van der Waals surface area contributed by atoms with Gasteiger partial charge < -0.3 is 0 Å². The first-order chi connectivity index (χ1) is 9.99. The van der Waals surface area contributed by atoms with E-state index in [1.165, 1.54) is 0 Å². The average molecular weight is 314 g/mol. The summed E-state index contributed by atoms with van der Waals surface area (Å²) >= 11 is 6.19. The van der Waals surface area contributed by atoms with Crippen LogP contribution in [0.1, 0.15) is 24.1 Å². The number of hydrogen-bond donors (Lipinski definition) is 0. The van der Waals surface area contributed by atoms with E-state index in [1.807, 2.05) is 0 Å². The summed E-state index contributed by atoms with van der Waals surface area (Å²) in [5.41, 5.74) is 0.561. The van der Waals surface area contributed by atoms with Crippen molar-refractivity contribution in [2.75, 3.05) is 0 Å². The first-order valence-corrected chi connectivity index (χ1v) is 6.77. The van der Waals surface area contributed by atoms with Gasteiger partial charge in [-0.25, -0.2) is 9.07 Å². The summed E-state index contributed by atoms with van der Waals surface area (Å²) in [6.45, 7) is 0. The van der Waals surface area contributed by atoms with Crippen LogP contribution in [0, 0.1) is 21.7 Å². The van der Waals surface area contributed by atoms with E-state index >= 15 is 0 Å². The summed E-state index contributed by atoms with van der Waals surface area (Å²) in [5, 5.41) is 15.2. The molecule has 0 unspecified atom stereocenters. The number of aryl methyl sites for hydroxylation is 1. The Balaban J connectivity index is 2.19. The first-order valence-electron chi connectivity index (χ1n) is 6.39. The third-order valence-corrected chi connectivity index (χ3v) is 3.92. The van der Waals surface area contributed by atoms with E-state index in [4.69, 9.17) is 11.6 Å². The lowest BCUT2D eigenvalue weighted by molar-refractivity contribution is -0.387. The Morgan fingerprint density at radius 2 is 1.95 bits per heavy atom. The fraction of sp³-hybridized carbons (Fsp3) is 0.308. The number of nitro benzene ring substituents is 1. The molecule has 1 aliphatic carbocycles. The van der Waals surface area contributed by atoms with Gasteiger partial charge in [-0.15, -0.1) is 0 Å². The molecule has 0 N–H and O–H groups in total. The van der Waals surface area contributed by atoms with Crippen molar-refractivity contribution in [1.29, 1.82) is 0 Å². The molecule has 0 saturated heterocycles. The maximum Gasteiger partial charge on any atom is 0.307 e. The topological polar surface area (TPSA) is 61.0 Å². The number of nitro groups is 1. The minimum absolute atomic E-state index is 0.220. The van der Waals surface area contributed by atoms with Crippen LogP contribution in [-0.4, -0.2) is 14.7 Å². The molecule has 1 aromatic heterocycles. The molecule has 21 heavy (non-hydrogen) atoms. The van der Waals surface area contributed by atoms with Gasteiger partial charge in [-0.05, 0) is 25.7 Å². The van der Waals surface area contributed by atoms with E-state index in [-0.39, 0.29) is 10.8 Å². The number of hydrogen-bond acceptors (Lipinski definition) is 3. The molecular formula is C13H10ClF2N3O2. The molecule has 0 saturated carbocycles. The van der Waals surface area contributed by atoms with Crippen molar-refractivity contribution in [2.24, 2.45) is 0 Å². The Labute approximate surface area is 123 Å². The second-order valence-electron chi connectivity index (χ2n) is 4.85. The number of nitrogens with zero attached hydrogens (tertiary/aromatic N) is 3. The van der Waals surface area contributed by atoms with E-state index in [0.29, 0.717) is 6.07 Å². The first kappa shape index (κ1) is 13.9. The van der Waals surface area contributed by atoms with Crippen LogP contribution >= 0.6 is 11.6 Å². The number of halogens is 3. The van der Waals surface area contributed by atoms with Gasteiger partial charge in [0.05, 0.1) is 10.6 Å². The van der Waals surface area contributed by atoms with Crippen LogP contribution in [0.3, 0.4) is 0 Å². The van der Waals surface area contributed by atoms with E-state index in [2.05, 4.69) is 5.10 Å². The highest BCUT2D eigenvalue weighted by Crippen LogP contribution is 2.32. The second kappa shape index (κ2) is 5.07. The zero-order valence-corrected chi connectivity index (χ0v) is 11.5. The standard InChI is InChI=1S/C13H10ClF2N3O2/c14-13-7-3-1-2-4-10(7)17-18(13)11-6-12(19(20)21)9(16)5-8(11)15/h5-6H,1-4H2. The molecule has 0 spiro atoms. The Bertz CT molecular complexity index is 746. The predicted octanol–water partition coefficient (Wildman–Crippen LogP) is 3.59. The van der Waals surface area contributed by atoms with E-state index < -0.39 is 22.2 Å². The molecule has 1 aromatic carbocycles. The van der Waals surface area contributed by atoms with Crippen molar-refractivity contribution in [3.63, 3.8) is 0 Å². The molecule has 0 radical (unpaired) electrons. The lowest BCUT2D eigenvalue weighted by Gasteiger charge is -2.08. The second-order valence-corrected chi connectivity index (χ2v) is 5.21. The zero-order chi connectivity index (χ0) is 15.1. The van der Waals surface area contributed by atoms with Crippen molar-refractivity contribution >= 4 is 17.3 Å². The minimum atomic E-state index is -1.23. The fourth-order valence-corrected chi connectivity index (χ4v) is 2.84. The SMILES string of the molecule is O=[N+]([O-])c1cc(-n2nc3c(c2Cl)CCCC3)c(F)cc1F. The van der Waals surface area contributed by atoms with Crippen LogP contribution in [0.5, 0.6) is 0 Å². The zero-order valence-electron chi connectivity index (χ0n) is 10.8. The molecule has 0 aliphatic heterocycles. The number of rotatable bonds is 2. The van der Waals surface area contributed by atoms with Crippen molar-refractivity contribution in [3.8, 4) is 5.69 Å². The van der Waals surface area contributed by atoms with Gasteiger partial charge in [0.2, 0.25) is 5.82 Å². The van der Waals surface area contributed by atoms with E-state index in [1.54, 1.807) is 0 Å². The Morgan fingerprint density at radius 3 is 2.62 bits per heavy atom. The Kier molecular flexibility index (Phi) is 3.36. The van der Waals surface area contributed by atoms with Gasteiger partial charge in [0.25, 0.3) is 0 Å². The monoisotopic (exact) mass is 313 g/mol. The van der Waals surface area contributed by atoms with Crippen LogP contribution < -0.4 is 0 Å². The lowest BCUT2D eigenvalue weighted by atomic mass is 9.99. The fourth-order valence-electron chi connectivity index (χ4n) is 2.50. The highest BCUT2D eigenvalue weighted by atomic mass is 35.5. The normalized spacial score (nSPS) is 14.0. The van der Waals surface area contributed by atoms with Gasteiger partial charge >= 0.3 is 5.69 Å². The van der Waals surface area contributed by atoms with Gasteiger partial charge in [-0.1, -0.05) is 11.6 Å². The average Bonchev–Trinajstić information content (AvgIpc) is 2.76. The van der Waals surface area contributed by atoms with Crippen LogP contribution in [0.15, 0.2) is 12.1 Å². The van der Waals surface area contributed by atoms with Gasteiger partial charge in [-0.2, -0.15) is 9.49 Å². The summed E-state index contributed by atoms with van der Waals surface area (Å²) in [6.07, 6.45) is 3.39. The highest BCUT2D eigenvalue weighted by molar-refractivity contribution is 6.30. The summed E-state index contributed by atoms with van der Waals surface area (Å²) in [7, 11) is 0. The molecule has 0 amide bonds. The predicted molar refractivity (Wildman–Crippen MR) is 71.8 cm³/mol. The van der Waals surface area contributed by atoms with Gasteiger partial charge in [0.15, 0.2) is 5.82 Å². The van der Waals surface area contributed by atoms with Gasteiger partial charge in [0, 0.05) is 17.7 Å². The van der Waals surface area contributed by atoms with Crippen LogP contribution in [0.25, 0.3) is 5.69 Å². The summed E-state index contributed by atoms with van der Waals surface area (Å²) < 4.78 is 28.4. The molecule has 8 heteroatoms. The quantitative estimate of drug-likeness (QED) is 0.629. The molecule has 110 valence electrons. The number of benzene rings is 1. The maximum absolute atomic E-state index is 13.9. The van der Waals surface area contributed by atoms with Crippen molar-refractivity contribution in [3.05, 3.63) is 50.3 Å². The summed E-state index contributed by atoms with van der Waals surface area (Å²) in [5.74, 6) is -2.17. The third kappa shape index (κ3) is 2.27. The molecule has 0 fully saturated rings. The molecule has 3 rings (SSSR count). The molecule has 1 heterocycles. The minimum Gasteiger partial charge on any atom is -0.258 e. The summed E-state index contributed by atoms with van der Waals surface area (Å²) in [6, 6.07) is 1.29. The van der Waals surface area contributed by atoms with Crippen molar-refractivity contribution in [2.45, 2.75) is 25.7 Å². The number of fused-ring (bicyclic) bond motifs is 1. The molecule has 5 nitrogen and oxygen atoms in total. The molecular weight excluding hydrogens is 304 g/mol. The number of aromatic nitrogens is 2. The van der Waals surface area contributed by atoms with Crippen molar-refractivity contribution < 1.29 is 13.7 Å². The van der Waals surface area contributed by atoms with Gasteiger partial charge in [-0.3, -0.25) is 10.1 Å². The van der Waals surface area contributed by atoms with Gasteiger partial charge in [0.1, 0.15) is 10.8 Å². The van der Waals surface area contributed by atoms with Crippen LogP contribution in [-0.2, 0) is 12.8 Å². The van der Waals surface area contributed by atoms with Crippen molar-refractivity contribution in [1.82, 2.24) is 9.78 Å². The molecule has 2 aromatic rings. The molecule has 0 atom stereocenters. The maximum atomic E-state index is 13.9. The molecule has 0 bridgehead atoms. The van der Waals surface area contributed by atoms with Crippen LogP contribution in [0.4, 0.5) is 14.5 Å². The summed E-state index contributed by atoms with van der Waals surface area (Å²) in [4.78, 5) is 9.87. The Hall–Kier alpha value is -2.02. The van der Waals surface area contributed by atoms with E-state index in [9.17, 15) is 18.9 Å². The highest BCUT2D eigenvalue weighted by Gasteiger charge is 2.25. The lowest BCUT2D eigenvalue weighted by Crippen LogP contribution is -2.04. The Morgan fingerprint density at radius 1 is 1.24 bits per heavy atom. The van der Waals surface area contributed by atoms with E-state index in [0.717, 1.165) is 47.7 Å². The molecule has 1 aliphatic rings. The smallest absolute Gasteiger partial charge is 0.258 e. The largest absolute Gasteiger partial charge is 0.307 e. The third-order valence-electron chi connectivity index (χ3n) is 3.54.